The number of nitrogens with zero attached hydrogens (tertiary/aromatic N) is 4. The smallest absolute Gasteiger partial charge is 0.231 e. The summed E-state index contributed by atoms with van der Waals surface area (Å²) in [6, 6.07) is 3.74. The van der Waals surface area contributed by atoms with Crippen molar-refractivity contribution in [2.24, 2.45) is 5.92 Å². The van der Waals surface area contributed by atoms with E-state index in [1.165, 1.54) is 11.3 Å². The minimum Gasteiger partial charge on any atom is -0.383 e. The number of amides is 1. The Hall–Kier alpha value is -1.86. The van der Waals surface area contributed by atoms with Gasteiger partial charge in [-0.1, -0.05) is 25.2 Å². The van der Waals surface area contributed by atoms with Gasteiger partial charge in [0, 0.05) is 31.0 Å². The Morgan fingerprint density at radius 1 is 1.33 bits per heavy atom. The molecular weight excluding hydrogens is 288 g/mol. The average molecular weight is 306 g/mol. The number of carbonyl (C=O) groups is 1. The fourth-order valence-corrected chi connectivity index (χ4v) is 2.61. The minimum atomic E-state index is -0.102. The second-order valence-corrected chi connectivity index (χ2v) is 5.72. The molecule has 7 heteroatoms. The zero-order valence-corrected chi connectivity index (χ0v) is 13.1. The highest BCUT2D eigenvalue weighted by molar-refractivity contribution is 7.18. The quantitative estimate of drug-likeness (QED) is 0.818. The summed E-state index contributed by atoms with van der Waals surface area (Å²) in [5.41, 5.74) is 0.942. The number of hydrogen-bond acceptors (Lipinski definition) is 6. The predicted octanol–water partition coefficient (Wildman–Crippen LogP) is 2.24. The third-order valence-corrected chi connectivity index (χ3v) is 3.85. The van der Waals surface area contributed by atoms with Crippen molar-refractivity contribution in [3.05, 3.63) is 24.5 Å². The van der Waals surface area contributed by atoms with E-state index in [0.29, 0.717) is 18.3 Å². The highest BCUT2D eigenvalue weighted by atomic mass is 32.1. The van der Waals surface area contributed by atoms with Crippen molar-refractivity contribution >= 4 is 22.4 Å². The lowest BCUT2D eigenvalue weighted by molar-refractivity contribution is -0.121. The molecule has 0 unspecified atom stereocenters. The summed E-state index contributed by atoms with van der Waals surface area (Å²) < 4.78 is 5.07. The highest BCUT2D eigenvalue weighted by Crippen LogP contribution is 2.28. The summed E-state index contributed by atoms with van der Waals surface area (Å²) >= 11 is 1.39. The molecule has 0 aliphatic carbocycles. The maximum atomic E-state index is 12.3. The fourth-order valence-electron chi connectivity index (χ4n) is 1.73. The lowest BCUT2D eigenvalue weighted by Gasteiger charge is -2.20. The van der Waals surface area contributed by atoms with Crippen LogP contribution in [0.15, 0.2) is 24.5 Å². The summed E-state index contributed by atoms with van der Waals surface area (Å²) in [6.07, 6.45) is 3.41. The lowest BCUT2D eigenvalue weighted by atomic mass is 10.2. The van der Waals surface area contributed by atoms with Gasteiger partial charge in [0.1, 0.15) is 5.01 Å². The monoisotopic (exact) mass is 306 g/mol. The third-order valence-electron chi connectivity index (χ3n) is 2.85. The van der Waals surface area contributed by atoms with Gasteiger partial charge in [0.15, 0.2) is 0 Å². The van der Waals surface area contributed by atoms with Gasteiger partial charge in [0.05, 0.1) is 13.2 Å². The van der Waals surface area contributed by atoms with E-state index < -0.39 is 0 Å². The van der Waals surface area contributed by atoms with Crippen LogP contribution in [-0.4, -0.2) is 41.3 Å². The van der Waals surface area contributed by atoms with E-state index in [-0.39, 0.29) is 11.8 Å². The van der Waals surface area contributed by atoms with Crippen molar-refractivity contribution in [2.75, 3.05) is 25.2 Å². The van der Waals surface area contributed by atoms with Crippen molar-refractivity contribution in [2.45, 2.75) is 13.8 Å². The van der Waals surface area contributed by atoms with Gasteiger partial charge in [0.2, 0.25) is 11.0 Å². The highest BCUT2D eigenvalue weighted by Gasteiger charge is 2.22. The van der Waals surface area contributed by atoms with Gasteiger partial charge in [-0.05, 0) is 12.1 Å². The van der Waals surface area contributed by atoms with E-state index >= 15 is 0 Å². The molecule has 0 aliphatic rings. The number of aromatic nitrogens is 3. The first kappa shape index (κ1) is 15.5. The van der Waals surface area contributed by atoms with Crippen molar-refractivity contribution in [1.82, 2.24) is 15.2 Å². The van der Waals surface area contributed by atoms with Crippen LogP contribution in [0.25, 0.3) is 10.6 Å². The van der Waals surface area contributed by atoms with Gasteiger partial charge in [-0.25, -0.2) is 0 Å². The van der Waals surface area contributed by atoms with E-state index in [1.807, 2.05) is 26.0 Å². The van der Waals surface area contributed by atoms with Gasteiger partial charge in [-0.15, -0.1) is 10.2 Å². The van der Waals surface area contributed by atoms with Crippen LogP contribution in [0.4, 0.5) is 5.13 Å². The second kappa shape index (κ2) is 7.24. The van der Waals surface area contributed by atoms with Crippen LogP contribution >= 0.6 is 11.3 Å². The standard InChI is InChI=1S/C14H18N4O2S/c1-10(2)13(19)18(8-9-20-3)14-17-16-12(21-14)11-4-6-15-7-5-11/h4-7,10H,8-9H2,1-3H3. The largest absolute Gasteiger partial charge is 0.383 e. The number of hydrogen-bond donors (Lipinski definition) is 0. The van der Waals surface area contributed by atoms with Crippen LogP contribution in [0.5, 0.6) is 0 Å². The zero-order chi connectivity index (χ0) is 15.2. The molecule has 1 amide bonds. The number of ether oxygens (including phenoxy) is 1. The molecule has 0 spiro atoms. The van der Waals surface area contributed by atoms with Gasteiger partial charge in [-0.2, -0.15) is 0 Å². The van der Waals surface area contributed by atoms with E-state index in [1.54, 1.807) is 24.4 Å². The van der Waals surface area contributed by atoms with Gasteiger partial charge in [-0.3, -0.25) is 14.7 Å². The first-order valence-electron chi connectivity index (χ1n) is 6.67. The molecule has 0 atom stereocenters. The first-order valence-corrected chi connectivity index (χ1v) is 7.49. The van der Waals surface area contributed by atoms with Crippen molar-refractivity contribution < 1.29 is 9.53 Å². The Morgan fingerprint density at radius 2 is 2.05 bits per heavy atom. The van der Waals surface area contributed by atoms with Gasteiger partial charge >= 0.3 is 0 Å². The van der Waals surface area contributed by atoms with Crippen LogP contribution in [0.1, 0.15) is 13.8 Å². The summed E-state index contributed by atoms with van der Waals surface area (Å²) in [6.45, 7) is 4.67. The molecule has 0 saturated carbocycles. The van der Waals surface area contributed by atoms with E-state index in [2.05, 4.69) is 15.2 Å². The van der Waals surface area contributed by atoms with E-state index in [9.17, 15) is 4.79 Å². The first-order chi connectivity index (χ1) is 10.1. The van der Waals surface area contributed by atoms with Crippen LogP contribution in [-0.2, 0) is 9.53 Å². The van der Waals surface area contributed by atoms with Crippen molar-refractivity contribution in [3.8, 4) is 10.6 Å². The zero-order valence-electron chi connectivity index (χ0n) is 12.3. The molecule has 2 aromatic rings. The summed E-state index contributed by atoms with van der Waals surface area (Å²) in [7, 11) is 1.61. The molecule has 0 saturated heterocycles. The normalized spacial score (nSPS) is 10.9. The Balaban J connectivity index is 2.25. The second-order valence-electron chi connectivity index (χ2n) is 4.76. The molecule has 0 N–H and O–H groups in total. The van der Waals surface area contributed by atoms with Crippen molar-refractivity contribution in [1.29, 1.82) is 0 Å². The number of carbonyl (C=O) groups excluding carboxylic acids is 1. The summed E-state index contributed by atoms with van der Waals surface area (Å²) in [5.74, 6) is -0.0837. The predicted molar refractivity (Wildman–Crippen MR) is 82.2 cm³/mol. The maximum absolute atomic E-state index is 12.3. The molecule has 0 fully saturated rings. The van der Waals surface area contributed by atoms with Crippen LogP contribution in [0.2, 0.25) is 0 Å². The third kappa shape index (κ3) is 3.83. The molecular formula is C14H18N4O2S. The van der Waals surface area contributed by atoms with E-state index in [0.717, 1.165) is 10.6 Å². The minimum absolute atomic E-state index is 0.0180. The number of pyridine rings is 1. The van der Waals surface area contributed by atoms with Crippen LogP contribution < -0.4 is 4.90 Å². The lowest BCUT2D eigenvalue weighted by Crippen LogP contribution is -2.36. The molecule has 2 rings (SSSR count). The molecule has 6 nitrogen and oxygen atoms in total. The molecule has 21 heavy (non-hydrogen) atoms. The molecule has 112 valence electrons. The molecule has 0 aromatic carbocycles. The van der Waals surface area contributed by atoms with Gasteiger partial charge in [0.25, 0.3) is 0 Å². The molecule has 2 aromatic heterocycles. The van der Waals surface area contributed by atoms with Crippen LogP contribution in [0, 0.1) is 5.92 Å². The number of methoxy groups -OCH3 is 1. The number of rotatable bonds is 6. The SMILES string of the molecule is COCCN(C(=O)C(C)C)c1nnc(-c2ccncc2)s1. The van der Waals surface area contributed by atoms with Gasteiger partial charge < -0.3 is 4.74 Å². The number of anilines is 1. The topological polar surface area (TPSA) is 68.2 Å². The molecule has 0 bridgehead atoms. The fraction of sp³-hybridized carbons (Fsp3) is 0.429. The van der Waals surface area contributed by atoms with E-state index in [4.69, 9.17) is 4.74 Å². The Kier molecular flexibility index (Phi) is 5.35. The Labute approximate surface area is 127 Å². The molecule has 2 heterocycles. The summed E-state index contributed by atoms with van der Waals surface area (Å²) in [4.78, 5) is 17.9. The average Bonchev–Trinajstić information content (AvgIpc) is 2.98. The summed E-state index contributed by atoms with van der Waals surface area (Å²) in [5, 5.41) is 9.67. The Bertz CT molecular complexity index is 586. The maximum Gasteiger partial charge on any atom is 0.231 e. The van der Waals surface area contributed by atoms with Crippen molar-refractivity contribution in [3.63, 3.8) is 0 Å². The molecule has 0 radical (unpaired) electrons. The Morgan fingerprint density at radius 3 is 2.67 bits per heavy atom. The van der Waals surface area contributed by atoms with Crippen LogP contribution in [0.3, 0.4) is 0 Å². The molecule has 0 aliphatic heterocycles.